The van der Waals surface area contributed by atoms with Gasteiger partial charge in [-0.2, -0.15) is 16.1 Å². The molecule has 5 amide bonds. The number of sulfone groups is 1. The predicted molar refractivity (Wildman–Crippen MR) is 282 cm³/mol. The summed E-state index contributed by atoms with van der Waals surface area (Å²) in [5, 5.41) is 13.3. The number of benzene rings is 2. The maximum Gasteiger partial charge on any atom is 0.315 e. The summed E-state index contributed by atoms with van der Waals surface area (Å²) < 4.78 is 82.2. The first kappa shape index (κ1) is 57.9. The first-order chi connectivity index (χ1) is 34.4. The molecule has 2 aromatic carbocycles. The highest BCUT2D eigenvalue weighted by Gasteiger charge is 2.45. The summed E-state index contributed by atoms with van der Waals surface area (Å²) in [6.45, 7) is 6.45. The number of amides is 5. The standard InChI is InChI=1S/C49H70BrClFN7O10S3/c1-36(55-47(62)49(52)17-22-59(23-18-49)72(66,67)44-14-13-37(50)33-40(44)38-9-3-4-10-41(38)51)16-32-71(64,65)31-8-2-7-21-57-24-26-58(27-25-57)46(61)34-69-30-29-68-28-20-53-45(60)12-6-5-11-43-39-15-19-54-48(63)56-42(39)35-70-43/h3-4,9-10,13-14,16,32-33,36,39,42-43H,2,5-8,11-12,15,17-31,34-35H2,1H3,(H,53,60)(H,55,62)(H2,54,56,63)/b32-16-/t36-,39-,42+,43+/m1/s1. The Morgan fingerprint density at radius 1 is 0.958 bits per heavy atom. The number of piperazine rings is 1. The Balaban J connectivity index is 0.760. The molecule has 17 nitrogen and oxygen atoms in total. The van der Waals surface area contributed by atoms with E-state index in [2.05, 4.69) is 42.1 Å². The van der Waals surface area contributed by atoms with E-state index in [9.17, 15) is 36.0 Å². The Hall–Kier alpha value is -3.35. The smallest absolute Gasteiger partial charge is 0.315 e. The number of carbonyl (C=O) groups excluding carboxylic acids is 4. The first-order valence-electron chi connectivity index (χ1n) is 25.0. The van der Waals surface area contributed by atoms with Crippen molar-refractivity contribution in [1.29, 1.82) is 0 Å². The van der Waals surface area contributed by atoms with Crippen molar-refractivity contribution in [3.8, 4) is 11.1 Å². The van der Waals surface area contributed by atoms with Gasteiger partial charge in [-0.1, -0.05) is 64.6 Å². The number of sulfonamides is 1. The molecule has 0 aliphatic carbocycles. The number of piperidine rings is 1. The molecule has 6 rings (SSSR count). The van der Waals surface area contributed by atoms with Crippen LogP contribution in [0.3, 0.4) is 0 Å². The molecule has 4 aliphatic heterocycles. The van der Waals surface area contributed by atoms with E-state index in [-0.39, 0.29) is 73.7 Å². The Labute approximate surface area is 441 Å². The number of nitrogens with one attached hydrogen (secondary N) is 4. The highest BCUT2D eigenvalue weighted by Crippen LogP contribution is 2.39. The number of unbranched alkanes of at least 4 members (excludes halogenated alkanes) is 3. The minimum atomic E-state index is -4.09. The van der Waals surface area contributed by atoms with Crippen LogP contribution < -0.4 is 21.3 Å². The molecule has 0 aromatic heterocycles. The summed E-state index contributed by atoms with van der Waals surface area (Å²) in [6.07, 6.45) is 6.80. The van der Waals surface area contributed by atoms with Crippen molar-refractivity contribution in [2.75, 3.05) is 96.8 Å². The van der Waals surface area contributed by atoms with E-state index in [1.165, 1.54) is 16.4 Å². The van der Waals surface area contributed by atoms with Crippen molar-refractivity contribution in [3.63, 3.8) is 0 Å². The molecule has 0 unspecified atom stereocenters. The quantitative estimate of drug-likeness (QED) is 0.0858. The highest BCUT2D eigenvalue weighted by atomic mass is 79.9. The maximum absolute atomic E-state index is 16.0. The number of urea groups is 1. The zero-order chi connectivity index (χ0) is 51.7. The molecular weight excluding hydrogens is 1080 g/mol. The van der Waals surface area contributed by atoms with Gasteiger partial charge in [-0.25, -0.2) is 26.0 Å². The van der Waals surface area contributed by atoms with Gasteiger partial charge in [0.05, 0.1) is 30.5 Å². The molecule has 0 radical (unpaired) electrons. The maximum atomic E-state index is 16.0. The number of fused-ring (bicyclic) bond motifs is 1. The molecule has 4 heterocycles. The van der Waals surface area contributed by atoms with Crippen LogP contribution in [0.1, 0.15) is 71.1 Å². The lowest BCUT2D eigenvalue weighted by atomic mass is 9.91. The Bertz CT molecular complexity index is 2410. The van der Waals surface area contributed by atoms with Gasteiger partial charge in [-0.15, -0.1) is 0 Å². The molecule has 4 aliphatic rings. The zero-order valence-corrected chi connectivity index (χ0v) is 45.8. The largest absolute Gasteiger partial charge is 0.377 e. The van der Waals surface area contributed by atoms with Gasteiger partial charge in [0.25, 0.3) is 5.91 Å². The third-order valence-electron chi connectivity index (χ3n) is 13.6. The van der Waals surface area contributed by atoms with Crippen LogP contribution in [0.25, 0.3) is 11.1 Å². The summed E-state index contributed by atoms with van der Waals surface area (Å²) in [5.41, 5.74) is -1.42. The van der Waals surface area contributed by atoms with Crippen LogP contribution in [-0.2, 0) is 43.7 Å². The fourth-order valence-electron chi connectivity index (χ4n) is 9.38. The van der Waals surface area contributed by atoms with Crippen molar-refractivity contribution in [3.05, 3.63) is 63.4 Å². The fraction of sp³-hybridized carbons (Fsp3) is 0.633. The molecule has 2 aromatic rings. The lowest BCUT2D eigenvalue weighted by Crippen LogP contribution is -2.53. The average molecular weight is 1150 g/mol. The van der Waals surface area contributed by atoms with E-state index in [0.29, 0.717) is 104 Å². The highest BCUT2D eigenvalue weighted by molar-refractivity contribution is 9.10. The molecule has 23 heteroatoms. The van der Waals surface area contributed by atoms with E-state index in [4.69, 9.17) is 21.1 Å². The molecule has 400 valence electrons. The van der Waals surface area contributed by atoms with Gasteiger partial charge in [0, 0.05) is 121 Å². The van der Waals surface area contributed by atoms with Crippen LogP contribution in [0.5, 0.6) is 0 Å². The molecule has 72 heavy (non-hydrogen) atoms. The second-order valence-electron chi connectivity index (χ2n) is 18.8. The Kier molecular flexibility index (Phi) is 22.5. The number of hydrogen-bond acceptors (Lipinski definition) is 12. The number of ether oxygens (including phenoxy) is 2. The van der Waals surface area contributed by atoms with Crippen LogP contribution in [0.2, 0.25) is 5.02 Å². The summed E-state index contributed by atoms with van der Waals surface area (Å²) in [5.74, 6) is 0.354. The van der Waals surface area contributed by atoms with Gasteiger partial charge in [0.1, 0.15) is 6.61 Å². The van der Waals surface area contributed by atoms with Crippen LogP contribution in [0.4, 0.5) is 9.18 Å². The fourth-order valence-corrected chi connectivity index (χ4v) is 14.5. The van der Waals surface area contributed by atoms with Gasteiger partial charge >= 0.3 is 6.03 Å². The summed E-state index contributed by atoms with van der Waals surface area (Å²) in [4.78, 5) is 53.9. The normalized spacial score (nSPS) is 21.4. The molecule has 4 saturated heterocycles. The minimum absolute atomic E-state index is 0.00465. The van der Waals surface area contributed by atoms with Crippen LogP contribution in [-0.4, -0.2) is 175 Å². The number of alkyl halides is 1. The van der Waals surface area contributed by atoms with Gasteiger partial charge in [0.2, 0.25) is 21.8 Å². The molecule has 4 atom stereocenters. The topological polar surface area (TPSA) is 213 Å². The van der Waals surface area contributed by atoms with Gasteiger partial charge in [0.15, 0.2) is 15.5 Å². The number of carbonyl (C=O) groups is 4. The third kappa shape index (κ3) is 17.4. The zero-order valence-electron chi connectivity index (χ0n) is 41.0. The molecule has 0 saturated carbocycles. The van der Waals surface area contributed by atoms with E-state index in [1.807, 2.05) is 11.8 Å². The summed E-state index contributed by atoms with van der Waals surface area (Å²) in [7, 11) is -7.68. The number of rotatable bonds is 26. The number of nitrogens with zero attached hydrogens (tertiary/aromatic N) is 3. The summed E-state index contributed by atoms with van der Waals surface area (Å²) >= 11 is 11.8. The molecule has 0 spiro atoms. The van der Waals surface area contributed by atoms with E-state index in [0.717, 1.165) is 49.8 Å². The van der Waals surface area contributed by atoms with E-state index < -0.39 is 37.5 Å². The number of hydrogen-bond donors (Lipinski definition) is 4. The molecule has 4 fully saturated rings. The number of halogens is 3. The van der Waals surface area contributed by atoms with Crippen molar-refractivity contribution < 1.29 is 49.9 Å². The van der Waals surface area contributed by atoms with E-state index in [1.54, 1.807) is 48.2 Å². The van der Waals surface area contributed by atoms with Crippen LogP contribution >= 0.6 is 39.3 Å². The second kappa shape index (κ2) is 28.0. The van der Waals surface area contributed by atoms with Crippen LogP contribution in [0.15, 0.2) is 63.3 Å². The lowest BCUT2D eigenvalue weighted by Gasteiger charge is -2.35. The minimum Gasteiger partial charge on any atom is -0.377 e. The second-order valence-corrected chi connectivity index (χ2v) is 25.3. The average Bonchev–Trinajstić information content (AvgIpc) is 3.62. The van der Waals surface area contributed by atoms with Crippen molar-refractivity contribution >= 4 is 82.9 Å². The Morgan fingerprint density at radius 3 is 2.47 bits per heavy atom. The van der Waals surface area contributed by atoms with Crippen LogP contribution in [0, 0.1) is 5.92 Å². The molecular formula is C49H70BrClFN7O10S3. The Morgan fingerprint density at radius 2 is 1.71 bits per heavy atom. The van der Waals surface area contributed by atoms with E-state index >= 15 is 4.39 Å². The van der Waals surface area contributed by atoms with Crippen molar-refractivity contribution in [2.24, 2.45) is 5.92 Å². The lowest BCUT2D eigenvalue weighted by molar-refractivity contribution is -0.138. The third-order valence-corrected chi connectivity index (χ3v) is 19.4. The predicted octanol–water partition coefficient (Wildman–Crippen LogP) is 5.52. The summed E-state index contributed by atoms with van der Waals surface area (Å²) in [6, 6.07) is 11.0. The molecule has 4 N–H and O–H groups in total. The van der Waals surface area contributed by atoms with Gasteiger partial charge < -0.3 is 35.6 Å². The SMILES string of the molecule is C[C@H](/C=C\S(=O)(=O)CCCCCN1CCN(C(=O)COCCOCCNC(=O)CCCC[C@@H]2SC[C@@H]3NC(=O)NCC[C@H]32)CC1)NC(=O)C1(F)CCN(S(=O)(=O)c2ccc(Br)cc2-c2ccccc2Cl)CC1. The van der Waals surface area contributed by atoms with Crippen molar-refractivity contribution in [2.45, 2.75) is 99.0 Å². The van der Waals surface area contributed by atoms with Gasteiger partial charge in [-0.05, 0) is 75.8 Å². The number of thioether (sulfide) groups is 1. The van der Waals surface area contributed by atoms with Crippen molar-refractivity contribution in [1.82, 2.24) is 35.4 Å². The first-order valence-corrected chi connectivity index (χ1v) is 30.4. The van der Waals surface area contributed by atoms with Gasteiger partial charge in [-0.3, -0.25) is 19.3 Å². The molecule has 0 bridgehead atoms. The monoisotopic (exact) mass is 1150 g/mol.